The van der Waals surface area contributed by atoms with Crippen LogP contribution in [0.25, 0.3) is 0 Å². The first-order valence-corrected chi connectivity index (χ1v) is 12.2. The lowest BCUT2D eigenvalue weighted by molar-refractivity contribution is 0.0527. The van der Waals surface area contributed by atoms with E-state index >= 15 is 0 Å². The fourth-order valence-electron chi connectivity index (χ4n) is 3.78. The molecule has 3 rings (SSSR count). The molecule has 0 unspecified atom stereocenters. The van der Waals surface area contributed by atoms with Crippen molar-refractivity contribution in [3.05, 3.63) is 92.3 Å². The highest BCUT2D eigenvalue weighted by molar-refractivity contribution is 5.67. The molecule has 9 nitrogen and oxygen atoms in total. The van der Waals surface area contributed by atoms with E-state index in [1.165, 1.54) is 10.6 Å². The largest absolute Gasteiger partial charge is 0.497 e. The second-order valence-corrected chi connectivity index (χ2v) is 9.66. The predicted molar refractivity (Wildman–Crippen MR) is 142 cm³/mol. The zero-order chi connectivity index (χ0) is 27.0. The van der Waals surface area contributed by atoms with E-state index in [1.54, 1.807) is 51.7 Å². The molecule has 0 bridgehead atoms. The summed E-state index contributed by atoms with van der Waals surface area (Å²) in [6.07, 6.45) is 0.460. The number of nitrogens with one attached hydrogen (secondary N) is 1. The molecule has 0 fully saturated rings. The number of rotatable bonds is 10. The van der Waals surface area contributed by atoms with Crippen LogP contribution in [0.3, 0.4) is 0 Å². The molecular weight excluding hydrogens is 474 g/mol. The molecule has 0 radical (unpaired) electrons. The minimum atomic E-state index is -0.586. The molecule has 1 aromatic heterocycles. The summed E-state index contributed by atoms with van der Waals surface area (Å²) in [5.41, 5.74) is 0.951. The Kier molecular flexibility index (Phi) is 9.16. The lowest BCUT2D eigenvalue weighted by Gasteiger charge is -2.20. The lowest BCUT2D eigenvalue weighted by atomic mass is 10.1. The van der Waals surface area contributed by atoms with Crippen LogP contribution in [0.5, 0.6) is 11.5 Å². The Morgan fingerprint density at radius 2 is 1.35 bits per heavy atom. The Bertz CT molecular complexity index is 1300. The van der Waals surface area contributed by atoms with Crippen molar-refractivity contribution in [2.45, 2.75) is 52.3 Å². The van der Waals surface area contributed by atoms with Gasteiger partial charge in [0.25, 0.3) is 5.56 Å². The predicted octanol–water partition coefficient (Wildman–Crippen LogP) is 3.58. The fraction of sp³-hybridized carbons (Fsp3) is 0.393. The van der Waals surface area contributed by atoms with Crippen molar-refractivity contribution >= 4 is 6.09 Å². The summed E-state index contributed by atoms with van der Waals surface area (Å²) in [6, 6.07) is 16.2. The van der Waals surface area contributed by atoms with Gasteiger partial charge in [-0.05, 0) is 69.0 Å². The third kappa shape index (κ3) is 7.99. The van der Waals surface area contributed by atoms with Crippen LogP contribution in [0, 0.1) is 0 Å². The smallest absolute Gasteiger partial charge is 0.407 e. The normalized spacial score (nSPS) is 11.2. The first kappa shape index (κ1) is 27.6. The second kappa shape index (κ2) is 12.3. The van der Waals surface area contributed by atoms with Crippen molar-refractivity contribution in [3.63, 3.8) is 0 Å². The van der Waals surface area contributed by atoms with Gasteiger partial charge in [-0.3, -0.25) is 13.9 Å². The quantitative estimate of drug-likeness (QED) is 0.419. The highest BCUT2D eigenvalue weighted by Crippen LogP contribution is 2.14. The van der Waals surface area contributed by atoms with Gasteiger partial charge in [-0.1, -0.05) is 24.3 Å². The van der Waals surface area contributed by atoms with E-state index in [-0.39, 0.29) is 12.1 Å². The number of aromatic nitrogens is 2. The van der Waals surface area contributed by atoms with Gasteiger partial charge in [0.15, 0.2) is 0 Å². The van der Waals surface area contributed by atoms with Gasteiger partial charge in [0.05, 0.1) is 27.3 Å². The van der Waals surface area contributed by atoms with Crippen LogP contribution in [0.1, 0.15) is 44.0 Å². The van der Waals surface area contributed by atoms with Crippen molar-refractivity contribution < 1.29 is 19.0 Å². The van der Waals surface area contributed by atoms with E-state index in [0.29, 0.717) is 43.1 Å². The van der Waals surface area contributed by atoms with Crippen molar-refractivity contribution in [3.8, 4) is 11.5 Å². The monoisotopic (exact) mass is 509 g/mol. The molecule has 0 aliphatic heterocycles. The van der Waals surface area contributed by atoms with Crippen LogP contribution in [-0.4, -0.2) is 41.6 Å². The van der Waals surface area contributed by atoms with E-state index in [2.05, 4.69) is 5.32 Å². The van der Waals surface area contributed by atoms with E-state index in [9.17, 15) is 14.4 Å². The molecule has 198 valence electrons. The van der Waals surface area contributed by atoms with Crippen LogP contribution >= 0.6 is 0 Å². The topological polar surface area (TPSA) is 101 Å². The summed E-state index contributed by atoms with van der Waals surface area (Å²) in [4.78, 5) is 38.5. The third-order valence-corrected chi connectivity index (χ3v) is 5.64. The molecule has 2 aromatic carbocycles. The Labute approximate surface area is 216 Å². The van der Waals surface area contributed by atoms with Crippen LogP contribution in [-0.2, 0) is 24.2 Å². The van der Waals surface area contributed by atoms with Crippen molar-refractivity contribution in [1.29, 1.82) is 0 Å². The zero-order valence-electron chi connectivity index (χ0n) is 22.1. The molecule has 1 amide bonds. The standard InChI is InChI=1S/C28H35N3O6/c1-28(2,3)37-26(33)29-16-6-7-22-17-25(32)31(19-21-10-14-24(36-5)15-11-21)27(34)30(22)18-20-8-12-23(35-4)13-9-20/h8-15,17H,6-7,16,18-19H2,1-5H3,(H,29,33). The Balaban J connectivity index is 1.85. The summed E-state index contributed by atoms with van der Waals surface area (Å²) < 4.78 is 18.5. The van der Waals surface area contributed by atoms with Gasteiger partial charge in [0, 0.05) is 18.3 Å². The van der Waals surface area contributed by atoms with Crippen LogP contribution in [0.2, 0.25) is 0 Å². The highest BCUT2D eigenvalue weighted by atomic mass is 16.6. The molecular formula is C28H35N3O6. The number of amides is 1. The van der Waals surface area contributed by atoms with Crippen molar-refractivity contribution in [2.75, 3.05) is 20.8 Å². The summed E-state index contributed by atoms with van der Waals surface area (Å²) in [5.74, 6) is 1.41. The van der Waals surface area contributed by atoms with Crippen LogP contribution in [0.15, 0.2) is 64.2 Å². The number of hydrogen-bond acceptors (Lipinski definition) is 6. The van der Waals surface area contributed by atoms with Gasteiger partial charge in [-0.25, -0.2) is 9.59 Å². The molecule has 0 aliphatic carbocycles. The van der Waals surface area contributed by atoms with Gasteiger partial charge in [0.2, 0.25) is 0 Å². The maximum Gasteiger partial charge on any atom is 0.407 e. The summed E-state index contributed by atoms with van der Waals surface area (Å²) in [6.45, 7) is 6.17. The van der Waals surface area contributed by atoms with Crippen molar-refractivity contribution in [2.24, 2.45) is 0 Å². The van der Waals surface area contributed by atoms with Gasteiger partial charge in [-0.2, -0.15) is 0 Å². The third-order valence-electron chi connectivity index (χ3n) is 5.64. The average Bonchev–Trinajstić information content (AvgIpc) is 2.86. The molecule has 0 saturated carbocycles. The zero-order valence-corrected chi connectivity index (χ0v) is 22.1. The number of benzene rings is 2. The number of hydrogen-bond donors (Lipinski definition) is 1. The highest BCUT2D eigenvalue weighted by Gasteiger charge is 2.16. The maximum atomic E-state index is 13.5. The number of aryl methyl sites for hydroxylation is 1. The molecule has 0 aliphatic rings. The molecule has 1 N–H and O–H groups in total. The Morgan fingerprint density at radius 3 is 1.84 bits per heavy atom. The fourth-order valence-corrected chi connectivity index (χ4v) is 3.78. The van der Waals surface area contributed by atoms with E-state index in [4.69, 9.17) is 14.2 Å². The molecule has 0 atom stereocenters. The molecule has 3 aromatic rings. The average molecular weight is 510 g/mol. The first-order chi connectivity index (χ1) is 17.6. The summed E-state index contributed by atoms with van der Waals surface area (Å²) in [7, 11) is 3.18. The number of nitrogens with zero attached hydrogens (tertiary/aromatic N) is 2. The van der Waals surface area contributed by atoms with E-state index in [1.807, 2.05) is 36.4 Å². The number of carbonyl (C=O) groups is 1. The minimum Gasteiger partial charge on any atom is -0.497 e. The Hall–Kier alpha value is -4.01. The number of carbonyl (C=O) groups excluding carboxylic acids is 1. The maximum absolute atomic E-state index is 13.5. The molecule has 1 heterocycles. The molecule has 0 spiro atoms. The number of methoxy groups -OCH3 is 2. The molecule has 9 heteroatoms. The molecule has 37 heavy (non-hydrogen) atoms. The van der Waals surface area contributed by atoms with Crippen LogP contribution in [0.4, 0.5) is 4.79 Å². The lowest BCUT2D eigenvalue weighted by Crippen LogP contribution is -2.41. The second-order valence-electron chi connectivity index (χ2n) is 9.66. The van der Waals surface area contributed by atoms with Gasteiger partial charge >= 0.3 is 11.8 Å². The van der Waals surface area contributed by atoms with E-state index < -0.39 is 17.4 Å². The molecule has 0 saturated heterocycles. The van der Waals surface area contributed by atoms with Gasteiger partial charge < -0.3 is 19.5 Å². The summed E-state index contributed by atoms with van der Waals surface area (Å²) >= 11 is 0. The SMILES string of the molecule is COc1ccc(Cn2c(CCCNC(=O)OC(C)(C)C)cc(=O)n(Cc3ccc(OC)cc3)c2=O)cc1. The van der Waals surface area contributed by atoms with E-state index in [0.717, 1.165) is 11.1 Å². The Morgan fingerprint density at radius 1 is 0.838 bits per heavy atom. The first-order valence-electron chi connectivity index (χ1n) is 12.2. The number of alkyl carbamates (subject to hydrolysis) is 1. The summed E-state index contributed by atoms with van der Waals surface area (Å²) in [5, 5.41) is 2.72. The van der Waals surface area contributed by atoms with Crippen molar-refractivity contribution in [1.82, 2.24) is 14.5 Å². The number of ether oxygens (including phenoxy) is 3. The van der Waals surface area contributed by atoms with Gasteiger partial charge in [-0.15, -0.1) is 0 Å². The van der Waals surface area contributed by atoms with Gasteiger partial charge in [0.1, 0.15) is 17.1 Å². The van der Waals surface area contributed by atoms with Crippen LogP contribution < -0.4 is 26.0 Å². The minimum absolute atomic E-state index is 0.144.